The van der Waals surface area contributed by atoms with Gasteiger partial charge in [0.15, 0.2) is 0 Å². The van der Waals surface area contributed by atoms with Crippen molar-refractivity contribution in [3.05, 3.63) is 77.4 Å². The summed E-state index contributed by atoms with van der Waals surface area (Å²) in [5.41, 5.74) is 3.31. The molecule has 158 valence electrons. The number of amides is 1. The van der Waals surface area contributed by atoms with Crippen molar-refractivity contribution in [1.29, 1.82) is 0 Å². The molecule has 0 aliphatic rings. The lowest BCUT2D eigenvalue weighted by Crippen LogP contribution is -2.26. The van der Waals surface area contributed by atoms with E-state index in [0.29, 0.717) is 12.2 Å². The van der Waals surface area contributed by atoms with Crippen LogP contribution in [0.3, 0.4) is 0 Å². The number of hydrogen-bond acceptors (Lipinski definition) is 4. The molecule has 0 fully saturated rings. The van der Waals surface area contributed by atoms with E-state index in [1.807, 2.05) is 6.92 Å². The lowest BCUT2D eigenvalue weighted by molar-refractivity contribution is -0.120. The summed E-state index contributed by atoms with van der Waals surface area (Å²) in [5.74, 6) is -0.605. The topological polar surface area (TPSA) is 104 Å². The predicted octanol–water partition coefficient (Wildman–Crippen LogP) is 2.95. The number of anilines is 1. The number of H-pyrrole nitrogens is 1. The van der Waals surface area contributed by atoms with E-state index in [0.717, 1.165) is 41.8 Å². The summed E-state index contributed by atoms with van der Waals surface area (Å²) in [6.45, 7) is 2.53. The van der Waals surface area contributed by atoms with Crippen molar-refractivity contribution in [2.24, 2.45) is 0 Å². The highest BCUT2D eigenvalue weighted by molar-refractivity contribution is 7.92. The molecule has 0 aliphatic carbocycles. The van der Waals surface area contributed by atoms with E-state index in [2.05, 4.69) is 20.2 Å². The fourth-order valence-electron chi connectivity index (χ4n) is 2.90. The van der Waals surface area contributed by atoms with Crippen molar-refractivity contribution in [2.45, 2.75) is 31.1 Å². The second-order valence-corrected chi connectivity index (χ2v) is 8.59. The van der Waals surface area contributed by atoms with E-state index in [1.54, 1.807) is 30.5 Å². The predicted molar refractivity (Wildman–Crippen MR) is 112 cm³/mol. The molecule has 9 heteroatoms. The number of aromatic amines is 1. The first kappa shape index (κ1) is 21.5. The summed E-state index contributed by atoms with van der Waals surface area (Å²) < 4.78 is 40.1. The fraction of sp³-hybridized carbons (Fsp3) is 0.238. The maximum absolute atomic E-state index is 13.0. The molecule has 0 unspecified atom stereocenters. The molecule has 0 bridgehead atoms. The van der Waals surface area contributed by atoms with Gasteiger partial charge in [-0.25, -0.2) is 12.8 Å². The van der Waals surface area contributed by atoms with Gasteiger partial charge in [-0.2, -0.15) is 5.10 Å². The van der Waals surface area contributed by atoms with Gasteiger partial charge in [0, 0.05) is 17.9 Å². The molecule has 0 saturated carbocycles. The number of rotatable bonds is 9. The van der Waals surface area contributed by atoms with Crippen LogP contribution in [0.15, 0.2) is 59.6 Å². The Labute approximate surface area is 174 Å². The van der Waals surface area contributed by atoms with Crippen molar-refractivity contribution in [3.8, 4) is 0 Å². The minimum atomic E-state index is -3.81. The number of carbonyl (C=O) groups is 1. The zero-order chi connectivity index (χ0) is 21.6. The van der Waals surface area contributed by atoms with Gasteiger partial charge in [0.05, 0.1) is 17.5 Å². The van der Waals surface area contributed by atoms with Crippen LogP contribution in [0.2, 0.25) is 0 Å². The maximum Gasteiger partial charge on any atom is 0.261 e. The number of sulfonamides is 1. The Morgan fingerprint density at radius 2 is 1.80 bits per heavy atom. The number of aryl methyl sites for hydroxylation is 2. The highest BCUT2D eigenvalue weighted by Gasteiger charge is 2.14. The van der Waals surface area contributed by atoms with Crippen LogP contribution in [0.1, 0.15) is 23.2 Å². The molecular weight excluding hydrogens is 407 g/mol. The van der Waals surface area contributed by atoms with Crippen molar-refractivity contribution in [2.75, 3.05) is 11.3 Å². The van der Waals surface area contributed by atoms with Crippen LogP contribution in [0.25, 0.3) is 0 Å². The minimum absolute atomic E-state index is 0.0297. The van der Waals surface area contributed by atoms with Crippen LogP contribution in [-0.4, -0.2) is 31.1 Å². The van der Waals surface area contributed by atoms with E-state index in [-0.39, 0.29) is 17.2 Å². The molecule has 3 rings (SSSR count). The van der Waals surface area contributed by atoms with Crippen molar-refractivity contribution < 1.29 is 17.6 Å². The molecule has 1 amide bonds. The van der Waals surface area contributed by atoms with E-state index in [9.17, 15) is 17.6 Å². The number of nitrogens with zero attached hydrogens (tertiary/aromatic N) is 1. The second-order valence-electron chi connectivity index (χ2n) is 6.91. The Morgan fingerprint density at radius 1 is 1.10 bits per heavy atom. The Morgan fingerprint density at radius 3 is 2.43 bits per heavy atom. The van der Waals surface area contributed by atoms with Gasteiger partial charge in [-0.3, -0.25) is 14.6 Å². The molecule has 30 heavy (non-hydrogen) atoms. The van der Waals surface area contributed by atoms with E-state index < -0.39 is 15.8 Å². The van der Waals surface area contributed by atoms with Gasteiger partial charge in [0.25, 0.3) is 10.0 Å². The summed E-state index contributed by atoms with van der Waals surface area (Å²) in [4.78, 5) is 12.1. The normalized spacial score (nSPS) is 11.3. The van der Waals surface area contributed by atoms with E-state index in [1.165, 1.54) is 12.1 Å². The van der Waals surface area contributed by atoms with Crippen LogP contribution in [-0.2, 0) is 27.7 Å². The first-order chi connectivity index (χ1) is 14.3. The van der Waals surface area contributed by atoms with Gasteiger partial charge in [-0.05, 0) is 67.3 Å². The van der Waals surface area contributed by atoms with Crippen LogP contribution < -0.4 is 10.0 Å². The highest BCUT2D eigenvalue weighted by atomic mass is 32.2. The number of hydrogen-bond donors (Lipinski definition) is 3. The number of halogens is 1. The Balaban J connectivity index is 1.47. The molecule has 0 aliphatic heterocycles. The molecule has 3 N–H and O–H groups in total. The van der Waals surface area contributed by atoms with Gasteiger partial charge in [-0.1, -0.05) is 12.1 Å². The molecule has 0 radical (unpaired) electrons. The van der Waals surface area contributed by atoms with Gasteiger partial charge in [0.1, 0.15) is 5.82 Å². The SMILES string of the molecule is Cc1[nH]ncc1CCCNC(=O)Cc1ccc(NS(=O)(=O)c2ccc(F)cc2)cc1. The first-order valence-corrected chi connectivity index (χ1v) is 10.9. The Bertz CT molecular complexity index is 1090. The summed E-state index contributed by atoms with van der Waals surface area (Å²) in [6.07, 6.45) is 3.65. The largest absolute Gasteiger partial charge is 0.356 e. The van der Waals surface area contributed by atoms with Crippen LogP contribution in [0, 0.1) is 12.7 Å². The zero-order valence-corrected chi connectivity index (χ0v) is 17.3. The molecular formula is C21H23FN4O3S. The molecule has 3 aromatic rings. The average Bonchev–Trinajstić information content (AvgIpc) is 3.12. The minimum Gasteiger partial charge on any atom is -0.356 e. The van der Waals surface area contributed by atoms with E-state index >= 15 is 0 Å². The van der Waals surface area contributed by atoms with Crippen molar-refractivity contribution >= 4 is 21.6 Å². The average molecular weight is 431 g/mol. The van der Waals surface area contributed by atoms with E-state index in [4.69, 9.17) is 0 Å². The number of nitrogens with one attached hydrogen (secondary N) is 3. The molecule has 7 nitrogen and oxygen atoms in total. The lowest BCUT2D eigenvalue weighted by atomic mass is 10.1. The van der Waals surface area contributed by atoms with Gasteiger partial charge in [-0.15, -0.1) is 0 Å². The fourth-order valence-corrected chi connectivity index (χ4v) is 3.96. The molecule has 0 saturated heterocycles. The summed E-state index contributed by atoms with van der Waals surface area (Å²) in [7, 11) is -3.81. The molecule has 0 atom stereocenters. The lowest BCUT2D eigenvalue weighted by Gasteiger charge is -2.09. The van der Waals surface area contributed by atoms with Crippen molar-refractivity contribution in [3.63, 3.8) is 0 Å². The summed E-state index contributed by atoms with van der Waals surface area (Å²) in [6, 6.07) is 11.1. The standard InChI is InChI=1S/C21H23FN4O3S/c1-15-17(14-24-25-15)3-2-12-23-21(27)13-16-4-8-19(9-5-16)26-30(28,29)20-10-6-18(22)7-11-20/h4-11,14,26H,2-3,12-13H2,1H3,(H,23,27)(H,24,25). The molecule has 0 spiro atoms. The van der Waals surface area contributed by atoms with Crippen LogP contribution in [0.4, 0.5) is 10.1 Å². The number of carbonyl (C=O) groups excluding carboxylic acids is 1. The molecule has 1 aromatic heterocycles. The molecule has 2 aromatic carbocycles. The second kappa shape index (κ2) is 9.53. The smallest absolute Gasteiger partial charge is 0.261 e. The van der Waals surface area contributed by atoms with Crippen molar-refractivity contribution in [1.82, 2.24) is 15.5 Å². The van der Waals surface area contributed by atoms with Gasteiger partial charge < -0.3 is 5.32 Å². The third kappa shape index (κ3) is 5.90. The third-order valence-corrected chi connectivity index (χ3v) is 5.97. The first-order valence-electron chi connectivity index (χ1n) is 9.46. The number of benzene rings is 2. The highest BCUT2D eigenvalue weighted by Crippen LogP contribution is 2.17. The summed E-state index contributed by atoms with van der Waals surface area (Å²) >= 11 is 0. The number of aromatic nitrogens is 2. The summed E-state index contributed by atoms with van der Waals surface area (Å²) in [5, 5.41) is 9.74. The monoisotopic (exact) mass is 430 g/mol. The third-order valence-electron chi connectivity index (χ3n) is 4.57. The maximum atomic E-state index is 13.0. The Hall–Kier alpha value is -3.20. The quantitative estimate of drug-likeness (QED) is 0.454. The Kier molecular flexibility index (Phi) is 6.83. The molecule has 1 heterocycles. The van der Waals surface area contributed by atoms with Gasteiger partial charge >= 0.3 is 0 Å². The van der Waals surface area contributed by atoms with Crippen LogP contribution >= 0.6 is 0 Å². The van der Waals surface area contributed by atoms with Gasteiger partial charge in [0.2, 0.25) is 5.91 Å². The van der Waals surface area contributed by atoms with Crippen LogP contribution in [0.5, 0.6) is 0 Å². The zero-order valence-electron chi connectivity index (χ0n) is 16.5.